The highest BCUT2D eigenvalue weighted by molar-refractivity contribution is 6.30. The lowest BCUT2D eigenvalue weighted by Crippen LogP contribution is -2.45. The highest BCUT2D eigenvalue weighted by Gasteiger charge is 2.36. The van der Waals surface area contributed by atoms with Crippen molar-refractivity contribution >= 4 is 29.1 Å². The van der Waals surface area contributed by atoms with Gasteiger partial charge in [-0.1, -0.05) is 24.6 Å². The van der Waals surface area contributed by atoms with Gasteiger partial charge < -0.3 is 9.64 Å². The highest BCUT2D eigenvalue weighted by atomic mass is 35.5. The molecule has 2 rings (SSSR count). The second-order valence-corrected chi connectivity index (χ2v) is 5.98. The molecule has 0 bridgehead atoms. The van der Waals surface area contributed by atoms with Gasteiger partial charge in [0.05, 0.1) is 0 Å². The van der Waals surface area contributed by atoms with Gasteiger partial charge in [-0.3, -0.25) is 4.79 Å². The van der Waals surface area contributed by atoms with Crippen molar-refractivity contribution in [1.82, 2.24) is 4.90 Å². The Bertz CT molecular complexity index is 481. The quantitative estimate of drug-likeness (QED) is 0.795. The van der Waals surface area contributed by atoms with E-state index in [-0.39, 0.29) is 11.9 Å². The predicted molar refractivity (Wildman–Crippen MR) is 81.5 cm³/mol. The first-order valence-corrected chi connectivity index (χ1v) is 7.73. The van der Waals surface area contributed by atoms with E-state index in [4.69, 9.17) is 27.9 Å². The minimum Gasteiger partial charge on any atom is -0.481 e. The third kappa shape index (κ3) is 3.39. The number of likely N-dealkylation sites (tertiary alicyclic amines) is 1. The number of carbonyl (C=O) groups is 1. The van der Waals surface area contributed by atoms with Crippen molar-refractivity contribution < 1.29 is 9.53 Å². The molecule has 0 aromatic heterocycles. The predicted octanol–water partition coefficient (Wildman–Crippen LogP) is 3.58. The fourth-order valence-corrected chi connectivity index (χ4v) is 3.20. The van der Waals surface area contributed by atoms with E-state index in [1.807, 2.05) is 4.90 Å². The average Bonchev–Trinajstić information content (AvgIpc) is 2.78. The van der Waals surface area contributed by atoms with Crippen LogP contribution >= 0.6 is 23.2 Å². The Balaban J connectivity index is 2.02. The Kier molecular flexibility index (Phi) is 5.17. The lowest BCUT2D eigenvalue weighted by molar-refractivity contribution is -0.138. The summed E-state index contributed by atoms with van der Waals surface area (Å²) in [5.41, 5.74) is 0. The van der Waals surface area contributed by atoms with Crippen molar-refractivity contribution in [2.24, 2.45) is 5.92 Å². The van der Waals surface area contributed by atoms with Gasteiger partial charge in [0, 0.05) is 23.5 Å². The summed E-state index contributed by atoms with van der Waals surface area (Å²) in [4.78, 5) is 14.3. The van der Waals surface area contributed by atoms with Crippen LogP contribution in [0.4, 0.5) is 0 Å². The number of hydrogen-bond acceptors (Lipinski definition) is 2. The van der Waals surface area contributed by atoms with Crippen LogP contribution in [0, 0.1) is 5.92 Å². The summed E-state index contributed by atoms with van der Waals surface area (Å²) in [5.74, 6) is 1.50. The van der Waals surface area contributed by atoms with Crippen LogP contribution in [0.1, 0.15) is 20.3 Å². The van der Waals surface area contributed by atoms with E-state index in [1.165, 1.54) is 0 Å². The third-order valence-electron chi connectivity index (χ3n) is 3.78. The number of halogens is 2. The zero-order valence-corrected chi connectivity index (χ0v) is 13.2. The maximum absolute atomic E-state index is 12.5. The van der Waals surface area contributed by atoms with E-state index in [1.54, 1.807) is 31.2 Å². The van der Waals surface area contributed by atoms with Gasteiger partial charge in [-0.2, -0.15) is 0 Å². The van der Waals surface area contributed by atoms with Gasteiger partial charge in [-0.15, -0.1) is 11.6 Å². The average molecular weight is 316 g/mol. The minimum absolute atomic E-state index is 0.0139. The van der Waals surface area contributed by atoms with Crippen molar-refractivity contribution in [2.45, 2.75) is 32.4 Å². The number of amides is 1. The number of benzene rings is 1. The van der Waals surface area contributed by atoms with Crippen LogP contribution in [-0.2, 0) is 4.79 Å². The molecule has 1 heterocycles. The molecule has 0 N–H and O–H groups in total. The molecule has 1 aliphatic heterocycles. The highest BCUT2D eigenvalue weighted by Crippen LogP contribution is 2.26. The molecule has 0 spiro atoms. The van der Waals surface area contributed by atoms with Gasteiger partial charge in [0.15, 0.2) is 6.10 Å². The second-order valence-electron chi connectivity index (χ2n) is 5.24. The Morgan fingerprint density at radius 1 is 1.55 bits per heavy atom. The molecule has 1 fully saturated rings. The number of rotatable bonds is 4. The summed E-state index contributed by atoms with van der Waals surface area (Å²) < 4.78 is 5.68. The summed E-state index contributed by atoms with van der Waals surface area (Å²) in [5, 5.41) is 0.593. The van der Waals surface area contributed by atoms with Gasteiger partial charge in [0.25, 0.3) is 5.91 Å². The van der Waals surface area contributed by atoms with E-state index >= 15 is 0 Å². The van der Waals surface area contributed by atoms with Gasteiger partial charge >= 0.3 is 0 Å². The number of alkyl halides is 1. The monoisotopic (exact) mass is 315 g/mol. The molecular formula is C15H19Cl2NO2. The minimum atomic E-state index is -0.538. The van der Waals surface area contributed by atoms with Crippen LogP contribution in [0.5, 0.6) is 5.75 Å². The fraction of sp³-hybridized carbons (Fsp3) is 0.533. The second kappa shape index (κ2) is 6.68. The molecule has 110 valence electrons. The molecule has 0 radical (unpaired) electrons. The summed E-state index contributed by atoms with van der Waals surface area (Å²) in [6, 6.07) is 7.17. The van der Waals surface area contributed by atoms with Crippen LogP contribution in [0.3, 0.4) is 0 Å². The van der Waals surface area contributed by atoms with E-state index < -0.39 is 6.10 Å². The first-order valence-electron chi connectivity index (χ1n) is 6.81. The van der Waals surface area contributed by atoms with Crippen molar-refractivity contribution in [3.63, 3.8) is 0 Å². The zero-order chi connectivity index (χ0) is 14.7. The van der Waals surface area contributed by atoms with Crippen LogP contribution in [0.15, 0.2) is 24.3 Å². The molecule has 3 unspecified atom stereocenters. The number of carbonyl (C=O) groups excluding carboxylic acids is 1. The summed E-state index contributed by atoms with van der Waals surface area (Å²) in [6.07, 6.45) is 0.456. The molecule has 1 aliphatic rings. The number of nitrogens with zero attached hydrogens (tertiary/aromatic N) is 1. The first kappa shape index (κ1) is 15.5. The molecule has 0 aliphatic carbocycles. The van der Waals surface area contributed by atoms with E-state index in [9.17, 15) is 4.79 Å². The maximum Gasteiger partial charge on any atom is 0.263 e. The van der Waals surface area contributed by atoms with E-state index in [0.29, 0.717) is 22.6 Å². The lowest BCUT2D eigenvalue weighted by Gasteiger charge is -2.28. The summed E-state index contributed by atoms with van der Waals surface area (Å²) >= 11 is 11.9. The zero-order valence-electron chi connectivity index (χ0n) is 11.7. The maximum atomic E-state index is 12.5. The number of ether oxygens (including phenoxy) is 1. The van der Waals surface area contributed by atoms with Crippen molar-refractivity contribution in [3.8, 4) is 5.75 Å². The lowest BCUT2D eigenvalue weighted by atomic mass is 10.0. The number of hydrogen-bond donors (Lipinski definition) is 0. The molecule has 0 saturated carbocycles. The fourth-order valence-electron chi connectivity index (χ4n) is 2.55. The van der Waals surface area contributed by atoms with E-state index in [0.717, 1.165) is 13.0 Å². The Morgan fingerprint density at radius 2 is 2.30 bits per heavy atom. The third-order valence-corrected chi connectivity index (χ3v) is 4.33. The standard InChI is InChI=1S/C15H19Cl2NO2/c1-10-6-7-18(14(10)9-16)15(19)11(2)20-13-5-3-4-12(17)8-13/h3-5,8,10-11,14H,6-7,9H2,1-2H3. The van der Waals surface area contributed by atoms with E-state index in [2.05, 4.69) is 6.92 Å². The SMILES string of the molecule is CC(Oc1cccc(Cl)c1)C(=O)N1CCC(C)C1CCl. The van der Waals surface area contributed by atoms with Crippen LogP contribution in [-0.4, -0.2) is 35.4 Å². The summed E-state index contributed by atoms with van der Waals surface area (Å²) in [6.45, 7) is 4.64. The van der Waals surface area contributed by atoms with Crippen molar-refractivity contribution in [1.29, 1.82) is 0 Å². The molecule has 1 aromatic carbocycles. The van der Waals surface area contributed by atoms with Crippen LogP contribution < -0.4 is 4.74 Å². The first-order chi connectivity index (χ1) is 9.52. The molecule has 20 heavy (non-hydrogen) atoms. The van der Waals surface area contributed by atoms with Gasteiger partial charge in [0.2, 0.25) is 0 Å². The molecule has 1 saturated heterocycles. The molecule has 5 heteroatoms. The molecule has 1 aromatic rings. The van der Waals surface area contributed by atoms with Crippen molar-refractivity contribution in [3.05, 3.63) is 29.3 Å². The summed E-state index contributed by atoms with van der Waals surface area (Å²) in [7, 11) is 0. The van der Waals surface area contributed by atoms with Gasteiger partial charge in [-0.25, -0.2) is 0 Å². The van der Waals surface area contributed by atoms with Crippen LogP contribution in [0.2, 0.25) is 5.02 Å². The molecular weight excluding hydrogens is 297 g/mol. The Hall–Kier alpha value is -0.930. The normalized spacial score (nSPS) is 23.7. The van der Waals surface area contributed by atoms with Gasteiger partial charge in [0.1, 0.15) is 5.75 Å². The molecule has 1 amide bonds. The topological polar surface area (TPSA) is 29.5 Å². The van der Waals surface area contributed by atoms with Gasteiger partial charge in [-0.05, 0) is 37.5 Å². The smallest absolute Gasteiger partial charge is 0.263 e. The Morgan fingerprint density at radius 3 is 2.95 bits per heavy atom. The molecule has 3 nitrogen and oxygen atoms in total. The Labute approximate surface area is 129 Å². The largest absolute Gasteiger partial charge is 0.481 e. The van der Waals surface area contributed by atoms with Crippen molar-refractivity contribution in [2.75, 3.05) is 12.4 Å². The molecule has 3 atom stereocenters. The van der Waals surface area contributed by atoms with Crippen LogP contribution in [0.25, 0.3) is 0 Å².